The van der Waals surface area contributed by atoms with E-state index in [4.69, 9.17) is 14.5 Å². The molecule has 2 atom stereocenters. The molecule has 0 bridgehead atoms. The molecular formula is C30H35N3O4S. The SMILES string of the molecule is CCN1C(C)=CS[C@]12/C(=C(/C)C(=O)OC)N(c1ccc(C)cc1)C(=Nc1ccc(C)cc1)[C@@]2(C)C(=O)OC. The molecule has 2 heterocycles. The van der Waals surface area contributed by atoms with E-state index in [2.05, 4.69) is 4.90 Å². The topological polar surface area (TPSA) is 71.4 Å². The minimum atomic E-state index is -1.31. The fourth-order valence-corrected chi connectivity index (χ4v) is 7.05. The Morgan fingerprint density at radius 2 is 1.53 bits per heavy atom. The van der Waals surface area contributed by atoms with Gasteiger partial charge in [-0.05, 0) is 71.2 Å². The van der Waals surface area contributed by atoms with Crippen molar-refractivity contribution in [2.75, 3.05) is 25.7 Å². The summed E-state index contributed by atoms with van der Waals surface area (Å²) in [7, 11) is 2.76. The number of carbonyl (C=O) groups excluding carboxylic acids is 2. The Morgan fingerprint density at radius 1 is 0.947 bits per heavy atom. The third-order valence-electron chi connectivity index (χ3n) is 7.41. The molecule has 0 N–H and O–H groups in total. The van der Waals surface area contributed by atoms with Crippen molar-refractivity contribution in [3.05, 3.63) is 82.0 Å². The van der Waals surface area contributed by atoms with Crippen LogP contribution in [0.1, 0.15) is 38.8 Å². The molecule has 38 heavy (non-hydrogen) atoms. The van der Waals surface area contributed by atoms with E-state index in [1.165, 1.54) is 26.0 Å². The molecule has 0 aliphatic carbocycles. The molecule has 0 amide bonds. The number of methoxy groups -OCH3 is 2. The minimum Gasteiger partial charge on any atom is -0.468 e. The van der Waals surface area contributed by atoms with Crippen molar-refractivity contribution in [3.63, 3.8) is 0 Å². The summed E-state index contributed by atoms with van der Waals surface area (Å²) in [6.07, 6.45) is 0. The van der Waals surface area contributed by atoms with E-state index in [9.17, 15) is 9.59 Å². The maximum atomic E-state index is 14.0. The van der Waals surface area contributed by atoms with Gasteiger partial charge < -0.3 is 14.4 Å². The van der Waals surface area contributed by atoms with Gasteiger partial charge in [-0.2, -0.15) is 0 Å². The quantitative estimate of drug-likeness (QED) is 0.339. The average molecular weight is 534 g/mol. The van der Waals surface area contributed by atoms with Crippen LogP contribution in [0.25, 0.3) is 0 Å². The third-order valence-corrected chi connectivity index (χ3v) is 9.03. The number of esters is 2. The van der Waals surface area contributed by atoms with E-state index in [0.29, 0.717) is 29.3 Å². The van der Waals surface area contributed by atoms with Gasteiger partial charge in [-0.3, -0.25) is 9.69 Å². The lowest BCUT2D eigenvalue weighted by molar-refractivity contribution is -0.150. The van der Waals surface area contributed by atoms with Crippen molar-refractivity contribution in [2.24, 2.45) is 10.4 Å². The van der Waals surface area contributed by atoms with E-state index in [0.717, 1.165) is 22.5 Å². The van der Waals surface area contributed by atoms with Crippen LogP contribution in [0, 0.1) is 19.3 Å². The largest absolute Gasteiger partial charge is 0.468 e. The van der Waals surface area contributed by atoms with Crippen LogP contribution < -0.4 is 4.90 Å². The number of rotatable bonds is 5. The Labute approximate surface area is 229 Å². The number of hydrogen-bond donors (Lipinski definition) is 0. The molecule has 0 unspecified atom stereocenters. The first-order valence-electron chi connectivity index (χ1n) is 12.6. The summed E-state index contributed by atoms with van der Waals surface area (Å²) >= 11 is 1.50. The highest BCUT2D eigenvalue weighted by molar-refractivity contribution is 8.04. The van der Waals surface area contributed by atoms with Gasteiger partial charge in [0.1, 0.15) is 5.84 Å². The number of allylic oxidation sites excluding steroid dienone is 1. The first kappa shape index (κ1) is 27.5. The van der Waals surface area contributed by atoms with E-state index in [-0.39, 0.29) is 0 Å². The second kappa shape index (κ2) is 10.3. The zero-order chi connectivity index (χ0) is 27.8. The zero-order valence-corrected chi connectivity index (χ0v) is 24.1. The number of likely N-dealkylation sites (N-methyl/N-ethyl adjacent to an activating group) is 1. The van der Waals surface area contributed by atoms with E-state index >= 15 is 0 Å². The summed E-state index contributed by atoms with van der Waals surface area (Å²) in [6, 6.07) is 15.8. The molecule has 200 valence electrons. The minimum absolute atomic E-state index is 0.395. The number of thioether (sulfide) groups is 1. The number of benzene rings is 2. The van der Waals surface area contributed by atoms with Gasteiger partial charge in [0.25, 0.3) is 0 Å². The van der Waals surface area contributed by atoms with Gasteiger partial charge in [-0.25, -0.2) is 9.79 Å². The highest BCUT2D eigenvalue weighted by Gasteiger charge is 2.72. The smallest absolute Gasteiger partial charge is 0.335 e. The second-order valence-electron chi connectivity index (χ2n) is 9.79. The van der Waals surface area contributed by atoms with E-state index in [1.807, 2.05) is 93.5 Å². The molecular weight excluding hydrogens is 498 g/mol. The summed E-state index contributed by atoms with van der Waals surface area (Å²) in [4.78, 5) is 35.4. The number of aliphatic imine (C=N–C) groups is 1. The van der Waals surface area contributed by atoms with Gasteiger partial charge in [0.05, 0.1) is 31.2 Å². The molecule has 8 heteroatoms. The molecule has 1 fully saturated rings. The van der Waals surface area contributed by atoms with Gasteiger partial charge in [0.15, 0.2) is 10.3 Å². The first-order valence-corrected chi connectivity index (χ1v) is 13.5. The van der Waals surface area contributed by atoms with Gasteiger partial charge in [0.2, 0.25) is 0 Å². The lowest BCUT2D eigenvalue weighted by Gasteiger charge is -2.45. The maximum absolute atomic E-state index is 14.0. The van der Waals surface area contributed by atoms with Gasteiger partial charge in [-0.1, -0.05) is 47.2 Å². The van der Waals surface area contributed by atoms with Crippen molar-refractivity contribution >= 4 is 40.9 Å². The number of amidine groups is 1. The molecule has 0 aromatic heterocycles. The van der Waals surface area contributed by atoms with E-state index in [1.54, 1.807) is 6.92 Å². The summed E-state index contributed by atoms with van der Waals surface area (Å²) in [5.74, 6) is -0.437. The Kier molecular flexibility index (Phi) is 7.48. The van der Waals surface area contributed by atoms with Crippen LogP contribution in [0.15, 0.2) is 75.9 Å². The fraction of sp³-hybridized carbons (Fsp3) is 0.367. The number of nitrogens with zero attached hydrogens (tertiary/aromatic N) is 3. The number of hydrogen-bond acceptors (Lipinski definition) is 7. The number of aryl methyl sites for hydroxylation is 2. The average Bonchev–Trinajstić information content (AvgIpc) is 3.37. The van der Waals surface area contributed by atoms with E-state index < -0.39 is 22.2 Å². The Morgan fingerprint density at radius 3 is 2.05 bits per heavy atom. The predicted molar refractivity (Wildman–Crippen MR) is 153 cm³/mol. The van der Waals surface area contributed by atoms with Crippen molar-refractivity contribution in [1.29, 1.82) is 0 Å². The molecule has 1 spiro atoms. The number of carbonyl (C=O) groups is 2. The summed E-state index contributed by atoms with van der Waals surface area (Å²) < 4.78 is 10.7. The molecule has 2 aliphatic rings. The lowest BCUT2D eigenvalue weighted by Crippen LogP contribution is -2.58. The molecule has 2 aliphatic heterocycles. The molecule has 2 aromatic carbocycles. The Hall–Kier alpha value is -3.52. The Balaban J connectivity index is 2.19. The molecule has 7 nitrogen and oxygen atoms in total. The highest BCUT2D eigenvalue weighted by atomic mass is 32.2. The monoisotopic (exact) mass is 533 g/mol. The van der Waals surface area contributed by atoms with Gasteiger partial charge in [-0.15, -0.1) is 0 Å². The van der Waals surface area contributed by atoms with Gasteiger partial charge in [0, 0.05) is 17.9 Å². The molecule has 0 radical (unpaired) electrons. The number of ether oxygens (including phenoxy) is 2. The predicted octanol–water partition coefficient (Wildman–Crippen LogP) is 6.11. The maximum Gasteiger partial charge on any atom is 0.335 e. The fourth-order valence-electron chi connectivity index (χ4n) is 5.41. The lowest BCUT2D eigenvalue weighted by atomic mass is 9.80. The second-order valence-corrected chi connectivity index (χ2v) is 10.9. The van der Waals surface area contributed by atoms with Crippen LogP contribution >= 0.6 is 11.8 Å². The van der Waals surface area contributed by atoms with Gasteiger partial charge >= 0.3 is 11.9 Å². The van der Waals surface area contributed by atoms with Crippen LogP contribution in [-0.4, -0.2) is 48.3 Å². The number of anilines is 1. The van der Waals surface area contributed by atoms with Crippen LogP contribution in [0.2, 0.25) is 0 Å². The van der Waals surface area contributed by atoms with Crippen molar-refractivity contribution in [1.82, 2.24) is 4.90 Å². The zero-order valence-electron chi connectivity index (χ0n) is 23.3. The van der Waals surface area contributed by atoms with Crippen LogP contribution in [0.3, 0.4) is 0 Å². The first-order chi connectivity index (χ1) is 18.1. The molecule has 1 saturated heterocycles. The van der Waals surface area contributed by atoms with Crippen molar-refractivity contribution in [2.45, 2.75) is 46.4 Å². The summed E-state index contributed by atoms with van der Waals surface area (Å²) in [6.45, 7) is 12.3. The molecule has 0 saturated carbocycles. The molecule has 2 aromatic rings. The summed E-state index contributed by atoms with van der Waals surface area (Å²) in [5.41, 5.74) is 4.38. The van der Waals surface area contributed by atoms with Crippen LogP contribution in [0.4, 0.5) is 11.4 Å². The van der Waals surface area contributed by atoms with Crippen molar-refractivity contribution in [3.8, 4) is 0 Å². The van der Waals surface area contributed by atoms with Crippen LogP contribution in [0.5, 0.6) is 0 Å². The van der Waals surface area contributed by atoms with Crippen molar-refractivity contribution < 1.29 is 19.1 Å². The highest BCUT2D eigenvalue weighted by Crippen LogP contribution is 2.63. The normalized spacial score (nSPS) is 25.2. The summed E-state index contributed by atoms with van der Waals surface area (Å²) in [5, 5.41) is 2.04. The third kappa shape index (κ3) is 4.02. The molecule has 4 rings (SSSR count). The Bertz CT molecular complexity index is 1350. The van der Waals surface area contributed by atoms with Crippen LogP contribution in [-0.2, 0) is 19.1 Å². The standard InChI is InChI=1S/C30H35N3O4S/c1-9-32-21(4)18-38-30(32)25(22(5)26(34)36-7)33(24-16-12-20(3)13-17-24)27(29(30,6)28(35)37-8)31-23-14-10-19(2)11-15-23/h10-18H,9H2,1-8H3/b25-22+,31-27?/t29-,30-/m0/s1.